The molecule has 2 aromatic rings. The first-order valence-electron chi connectivity index (χ1n) is 5.75. The SMILES string of the molecule is Brc1ccc(-c2csc(C3CCCNC3)n2)s1. The summed E-state index contributed by atoms with van der Waals surface area (Å²) >= 11 is 7.04. The number of nitrogens with zero attached hydrogens (tertiary/aromatic N) is 1. The summed E-state index contributed by atoms with van der Waals surface area (Å²) in [5.41, 5.74) is 1.13. The molecule has 1 N–H and O–H groups in total. The van der Waals surface area contributed by atoms with E-state index in [1.165, 1.54) is 26.5 Å². The predicted molar refractivity (Wildman–Crippen MR) is 78.0 cm³/mol. The summed E-state index contributed by atoms with van der Waals surface area (Å²) in [6.45, 7) is 2.24. The van der Waals surface area contributed by atoms with Crippen LogP contribution in [-0.2, 0) is 0 Å². The topological polar surface area (TPSA) is 24.9 Å². The lowest BCUT2D eigenvalue weighted by Crippen LogP contribution is -2.28. The molecule has 2 aromatic heterocycles. The number of halogens is 1. The van der Waals surface area contributed by atoms with Crippen LogP contribution in [-0.4, -0.2) is 18.1 Å². The third-order valence-electron chi connectivity index (χ3n) is 2.99. The molecule has 90 valence electrons. The summed E-state index contributed by atoms with van der Waals surface area (Å²) in [5, 5.41) is 6.92. The van der Waals surface area contributed by atoms with Gasteiger partial charge in [0.2, 0.25) is 0 Å². The van der Waals surface area contributed by atoms with E-state index in [1.54, 1.807) is 22.7 Å². The van der Waals surface area contributed by atoms with Crippen LogP contribution in [0.25, 0.3) is 10.6 Å². The second-order valence-corrected chi connectivity index (χ2v) is 7.57. The maximum Gasteiger partial charge on any atom is 0.0976 e. The van der Waals surface area contributed by atoms with E-state index in [0.717, 1.165) is 18.8 Å². The number of thiazole rings is 1. The van der Waals surface area contributed by atoms with Gasteiger partial charge in [-0.05, 0) is 47.4 Å². The minimum atomic E-state index is 0.617. The second kappa shape index (κ2) is 5.18. The van der Waals surface area contributed by atoms with Gasteiger partial charge in [0.15, 0.2) is 0 Å². The third kappa shape index (κ3) is 2.62. The van der Waals surface area contributed by atoms with Gasteiger partial charge in [0, 0.05) is 17.8 Å². The largest absolute Gasteiger partial charge is 0.316 e. The van der Waals surface area contributed by atoms with Crippen LogP contribution in [0, 0.1) is 0 Å². The molecule has 0 aliphatic carbocycles. The highest BCUT2D eigenvalue weighted by Gasteiger charge is 2.18. The zero-order chi connectivity index (χ0) is 11.7. The Morgan fingerprint density at radius 1 is 1.41 bits per heavy atom. The molecule has 0 radical (unpaired) electrons. The van der Waals surface area contributed by atoms with Gasteiger partial charge in [-0.25, -0.2) is 4.98 Å². The quantitative estimate of drug-likeness (QED) is 0.897. The third-order valence-corrected chi connectivity index (χ3v) is 5.65. The van der Waals surface area contributed by atoms with Crippen LogP contribution in [0.4, 0.5) is 0 Å². The molecule has 5 heteroatoms. The number of rotatable bonds is 2. The van der Waals surface area contributed by atoms with Crippen molar-refractivity contribution in [3.8, 4) is 10.6 Å². The Balaban J connectivity index is 1.82. The van der Waals surface area contributed by atoms with Crippen molar-refractivity contribution in [2.45, 2.75) is 18.8 Å². The van der Waals surface area contributed by atoms with Crippen LogP contribution in [0.1, 0.15) is 23.8 Å². The average Bonchev–Trinajstić information content (AvgIpc) is 2.98. The molecule has 2 nitrogen and oxygen atoms in total. The Hall–Kier alpha value is -0.230. The lowest BCUT2D eigenvalue weighted by molar-refractivity contribution is 0.460. The fourth-order valence-corrected chi connectivity index (χ4v) is 4.48. The van der Waals surface area contributed by atoms with Crippen LogP contribution >= 0.6 is 38.6 Å². The van der Waals surface area contributed by atoms with Crippen LogP contribution in [0.2, 0.25) is 0 Å². The molecule has 3 rings (SSSR count). The van der Waals surface area contributed by atoms with E-state index in [2.05, 4.69) is 38.8 Å². The van der Waals surface area contributed by atoms with Crippen LogP contribution in [0.3, 0.4) is 0 Å². The zero-order valence-corrected chi connectivity index (χ0v) is 12.5. The molecule has 1 atom stereocenters. The maximum atomic E-state index is 4.79. The number of piperidine rings is 1. The Kier molecular flexibility index (Phi) is 3.61. The molecule has 0 bridgehead atoms. The van der Waals surface area contributed by atoms with Gasteiger partial charge in [0.05, 0.1) is 19.4 Å². The van der Waals surface area contributed by atoms with Gasteiger partial charge < -0.3 is 5.32 Å². The number of thiophene rings is 1. The van der Waals surface area contributed by atoms with Crippen molar-refractivity contribution < 1.29 is 0 Å². The molecule has 0 amide bonds. The van der Waals surface area contributed by atoms with Gasteiger partial charge >= 0.3 is 0 Å². The number of hydrogen-bond donors (Lipinski definition) is 1. The highest BCUT2D eigenvalue weighted by Crippen LogP contribution is 2.34. The number of hydrogen-bond acceptors (Lipinski definition) is 4. The molecule has 17 heavy (non-hydrogen) atoms. The number of aromatic nitrogens is 1. The average molecular weight is 329 g/mol. The van der Waals surface area contributed by atoms with E-state index < -0.39 is 0 Å². The van der Waals surface area contributed by atoms with Crippen molar-refractivity contribution >= 4 is 38.6 Å². The van der Waals surface area contributed by atoms with Gasteiger partial charge in [0.1, 0.15) is 0 Å². The van der Waals surface area contributed by atoms with Crippen LogP contribution in [0.5, 0.6) is 0 Å². The normalized spacial score (nSPS) is 20.6. The van der Waals surface area contributed by atoms with E-state index in [-0.39, 0.29) is 0 Å². The summed E-state index contributed by atoms with van der Waals surface area (Å²) in [4.78, 5) is 6.04. The van der Waals surface area contributed by atoms with Crippen molar-refractivity contribution in [3.63, 3.8) is 0 Å². The molecule has 1 aliphatic rings. The molecule has 1 fully saturated rings. The first kappa shape index (κ1) is 11.8. The highest BCUT2D eigenvalue weighted by atomic mass is 79.9. The fraction of sp³-hybridized carbons (Fsp3) is 0.417. The Bertz CT molecular complexity index is 500. The molecule has 1 saturated heterocycles. The van der Waals surface area contributed by atoms with Crippen molar-refractivity contribution in [2.75, 3.05) is 13.1 Å². The Morgan fingerprint density at radius 2 is 2.35 bits per heavy atom. The molecular weight excluding hydrogens is 316 g/mol. The second-order valence-electron chi connectivity index (χ2n) is 4.22. The van der Waals surface area contributed by atoms with E-state index in [9.17, 15) is 0 Å². The van der Waals surface area contributed by atoms with Gasteiger partial charge in [-0.1, -0.05) is 0 Å². The van der Waals surface area contributed by atoms with E-state index in [0.29, 0.717) is 5.92 Å². The van der Waals surface area contributed by atoms with E-state index >= 15 is 0 Å². The zero-order valence-electron chi connectivity index (χ0n) is 9.28. The van der Waals surface area contributed by atoms with E-state index in [1.807, 2.05) is 0 Å². The summed E-state index contributed by atoms with van der Waals surface area (Å²) in [7, 11) is 0. The smallest absolute Gasteiger partial charge is 0.0976 e. The fourth-order valence-electron chi connectivity index (χ4n) is 2.10. The standard InChI is InChI=1S/C12H13BrN2S2/c13-11-4-3-10(17-11)9-7-16-12(15-9)8-2-1-5-14-6-8/h3-4,7-8,14H,1-2,5-6H2. The van der Waals surface area contributed by atoms with Crippen molar-refractivity contribution in [2.24, 2.45) is 0 Å². The molecule has 1 unspecified atom stereocenters. The lowest BCUT2D eigenvalue weighted by Gasteiger charge is -2.20. The molecular formula is C12H13BrN2S2. The minimum absolute atomic E-state index is 0.617. The molecule has 1 aliphatic heterocycles. The van der Waals surface area contributed by atoms with Crippen LogP contribution < -0.4 is 5.32 Å². The molecule has 3 heterocycles. The minimum Gasteiger partial charge on any atom is -0.316 e. The first-order chi connectivity index (χ1) is 8.33. The van der Waals surface area contributed by atoms with Crippen molar-refractivity contribution in [1.82, 2.24) is 10.3 Å². The Labute approximate surface area is 117 Å². The van der Waals surface area contributed by atoms with Crippen molar-refractivity contribution in [3.05, 3.63) is 26.3 Å². The van der Waals surface area contributed by atoms with Gasteiger partial charge in [-0.3, -0.25) is 0 Å². The summed E-state index contributed by atoms with van der Waals surface area (Å²) < 4.78 is 1.17. The van der Waals surface area contributed by atoms with Gasteiger partial charge in [-0.2, -0.15) is 0 Å². The van der Waals surface area contributed by atoms with Gasteiger partial charge in [-0.15, -0.1) is 22.7 Å². The highest BCUT2D eigenvalue weighted by molar-refractivity contribution is 9.11. The van der Waals surface area contributed by atoms with Crippen molar-refractivity contribution in [1.29, 1.82) is 0 Å². The lowest BCUT2D eigenvalue weighted by atomic mass is 10.0. The van der Waals surface area contributed by atoms with E-state index in [4.69, 9.17) is 4.98 Å². The molecule has 0 saturated carbocycles. The van der Waals surface area contributed by atoms with Crippen LogP contribution in [0.15, 0.2) is 21.3 Å². The maximum absolute atomic E-state index is 4.79. The molecule has 0 spiro atoms. The summed E-state index contributed by atoms with van der Waals surface area (Å²) in [6.07, 6.45) is 2.54. The monoisotopic (exact) mass is 328 g/mol. The molecule has 0 aromatic carbocycles. The van der Waals surface area contributed by atoms with Gasteiger partial charge in [0.25, 0.3) is 0 Å². The predicted octanol–water partition coefficient (Wildman–Crippen LogP) is 4.10. The summed E-state index contributed by atoms with van der Waals surface area (Å²) in [5.74, 6) is 0.617. The summed E-state index contributed by atoms with van der Waals surface area (Å²) in [6, 6.07) is 4.22. The first-order valence-corrected chi connectivity index (χ1v) is 8.24. The Morgan fingerprint density at radius 3 is 3.06 bits per heavy atom. The number of nitrogens with one attached hydrogen (secondary N) is 1.